The minimum Gasteiger partial charge on any atom is -0.366 e. The van der Waals surface area contributed by atoms with E-state index in [2.05, 4.69) is 36.2 Å². The molecule has 0 radical (unpaired) electrons. The highest BCUT2D eigenvalue weighted by molar-refractivity contribution is 4.94. The SMILES string of the molecule is CC(C)(C)Cc1noc(C2CNCCO2)n1. The van der Waals surface area contributed by atoms with E-state index in [1.807, 2.05) is 0 Å². The molecule has 1 aromatic rings. The maximum Gasteiger partial charge on any atom is 0.257 e. The zero-order valence-electron chi connectivity index (χ0n) is 10.1. The Morgan fingerprint density at radius 1 is 1.44 bits per heavy atom. The van der Waals surface area contributed by atoms with Crippen LogP contribution >= 0.6 is 0 Å². The van der Waals surface area contributed by atoms with Gasteiger partial charge in [-0.1, -0.05) is 25.9 Å². The van der Waals surface area contributed by atoms with E-state index in [1.54, 1.807) is 0 Å². The Kier molecular flexibility index (Phi) is 3.25. The molecule has 1 N–H and O–H groups in total. The molecule has 1 unspecified atom stereocenters. The van der Waals surface area contributed by atoms with Crippen molar-refractivity contribution in [1.82, 2.24) is 15.5 Å². The molecule has 16 heavy (non-hydrogen) atoms. The van der Waals surface area contributed by atoms with Crippen LogP contribution in [0.1, 0.15) is 38.6 Å². The van der Waals surface area contributed by atoms with Gasteiger partial charge >= 0.3 is 0 Å². The molecule has 0 bridgehead atoms. The largest absolute Gasteiger partial charge is 0.366 e. The normalized spacial score (nSPS) is 22.3. The lowest BCUT2D eigenvalue weighted by atomic mass is 9.92. The van der Waals surface area contributed by atoms with E-state index in [4.69, 9.17) is 9.26 Å². The summed E-state index contributed by atoms with van der Waals surface area (Å²) >= 11 is 0. The molecule has 0 saturated carbocycles. The summed E-state index contributed by atoms with van der Waals surface area (Å²) in [6, 6.07) is 0. The Labute approximate surface area is 95.6 Å². The third-order valence-corrected chi connectivity index (χ3v) is 2.38. The molecule has 1 aromatic heterocycles. The number of nitrogens with one attached hydrogen (secondary N) is 1. The third-order valence-electron chi connectivity index (χ3n) is 2.38. The van der Waals surface area contributed by atoms with E-state index < -0.39 is 0 Å². The van der Waals surface area contributed by atoms with Gasteiger partial charge in [0.05, 0.1) is 6.61 Å². The molecule has 0 aliphatic carbocycles. The summed E-state index contributed by atoms with van der Waals surface area (Å²) in [5, 5.41) is 7.22. The highest BCUT2D eigenvalue weighted by atomic mass is 16.5. The zero-order chi connectivity index (χ0) is 11.6. The van der Waals surface area contributed by atoms with Crippen LogP contribution in [0.3, 0.4) is 0 Å². The third kappa shape index (κ3) is 3.02. The van der Waals surface area contributed by atoms with Gasteiger partial charge in [0.25, 0.3) is 5.89 Å². The van der Waals surface area contributed by atoms with Gasteiger partial charge in [-0.05, 0) is 5.41 Å². The number of hydrogen-bond donors (Lipinski definition) is 1. The fourth-order valence-corrected chi connectivity index (χ4v) is 1.67. The van der Waals surface area contributed by atoms with E-state index in [-0.39, 0.29) is 11.5 Å². The lowest BCUT2D eigenvalue weighted by molar-refractivity contribution is 0.00755. The molecule has 2 rings (SSSR count). The van der Waals surface area contributed by atoms with Crippen molar-refractivity contribution in [3.63, 3.8) is 0 Å². The standard InChI is InChI=1S/C11H19N3O2/c1-11(2,3)6-9-13-10(16-14-9)8-7-12-4-5-15-8/h8,12H,4-7H2,1-3H3. The Balaban J connectivity index is 2.01. The van der Waals surface area contributed by atoms with Gasteiger partial charge in [0.2, 0.25) is 0 Å². The molecule has 2 heterocycles. The molecule has 1 aliphatic rings. The van der Waals surface area contributed by atoms with Crippen molar-refractivity contribution < 1.29 is 9.26 Å². The van der Waals surface area contributed by atoms with Crippen molar-refractivity contribution in [2.45, 2.75) is 33.3 Å². The first kappa shape index (κ1) is 11.5. The number of aromatic nitrogens is 2. The van der Waals surface area contributed by atoms with E-state index in [1.165, 1.54) is 0 Å². The smallest absolute Gasteiger partial charge is 0.257 e. The highest BCUT2D eigenvalue weighted by Crippen LogP contribution is 2.21. The Bertz CT molecular complexity index is 337. The fourth-order valence-electron chi connectivity index (χ4n) is 1.67. The zero-order valence-corrected chi connectivity index (χ0v) is 10.1. The molecule has 1 aliphatic heterocycles. The summed E-state index contributed by atoms with van der Waals surface area (Å²) in [7, 11) is 0. The minimum atomic E-state index is -0.0880. The first-order chi connectivity index (χ1) is 7.54. The van der Waals surface area contributed by atoms with Crippen LogP contribution < -0.4 is 5.32 Å². The van der Waals surface area contributed by atoms with Gasteiger partial charge in [-0.15, -0.1) is 0 Å². The Morgan fingerprint density at radius 3 is 2.88 bits per heavy atom. The predicted molar refractivity (Wildman–Crippen MR) is 59.0 cm³/mol. The van der Waals surface area contributed by atoms with Crippen LogP contribution in [0.2, 0.25) is 0 Å². The van der Waals surface area contributed by atoms with E-state index in [0.29, 0.717) is 12.5 Å². The predicted octanol–water partition coefficient (Wildman–Crippen LogP) is 1.32. The van der Waals surface area contributed by atoms with Crippen molar-refractivity contribution >= 4 is 0 Å². The van der Waals surface area contributed by atoms with Crippen molar-refractivity contribution in [1.29, 1.82) is 0 Å². The molecule has 5 heteroatoms. The van der Waals surface area contributed by atoms with Gasteiger partial charge in [0.1, 0.15) is 6.10 Å². The van der Waals surface area contributed by atoms with Gasteiger partial charge in [-0.3, -0.25) is 0 Å². The average Bonchev–Trinajstić information content (AvgIpc) is 2.65. The molecule has 1 fully saturated rings. The molecule has 1 saturated heterocycles. The second kappa shape index (κ2) is 4.51. The van der Waals surface area contributed by atoms with Crippen LogP contribution in [0, 0.1) is 5.41 Å². The molecule has 1 atom stereocenters. The number of ether oxygens (including phenoxy) is 1. The summed E-state index contributed by atoms with van der Waals surface area (Å²) in [6.07, 6.45) is 0.728. The summed E-state index contributed by atoms with van der Waals surface area (Å²) in [5.74, 6) is 1.35. The van der Waals surface area contributed by atoms with Crippen LogP contribution in [0.4, 0.5) is 0 Å². The molecule has 5 nitrogen and oxygen atoms in total. The van der Waals surface area contributed by atoms with Crippen LogP contribution in [0.5, 0.6) is 0 Å². The van der Waals surface area contributed by atoms with E-state index in [9.17, 15) is 0 Å². The maximum atomic E-state index is 5.55. The second-order valence-electron chi connectivity index (χ2n) is 5.35. The molecule has 90 valence electrons. The van der Waals surface area contributed by atoms with Gasteiger partial charge in [0, 0.05) is 19.5 Å². The van der Waals surface area contributed by atoms with Crippen LogP contribution in [-0.2, 0) is 11.2 Å². The van der Waals surface area contributed by atoms with Gasteiger partial charge < -0.3 is 14.6 Å². The monoisotopic (exact) mass is 225 g/mol. The van der Waals surface area contributed by atoms with Crippen molar-refractivity contribution in [3.05, 3.63) is 11.7 Å². The first-order valence-corrected chi connectivity index (χ1v) is 5.69. The Hall–Kier alpha value is -0.940. The number of rotatable bonds is 2. The van der Waals surface area contributed by atoms with Crippen molar-refractivity contribution in [3.8, 4) is 0 Å². The number of nitrogens with zero attached hydrogens (tertiary/aromatic N) is 2. The van der Waals surface area contributed by atoms with Crippen LogP contribution in [0.25, 0.3) is 0 Å². The van der Waals surface area contributed by atoms with Crippen LogP contribution in [-0.4, -0.2) is 29.8 Å². The van der Waals surface area contributed by atoms with Gasteiger partial charge in [0.15, 0.2) is 5.82 Å². The molecular formula is C11H19N3O2. The van der Waals surface area contributed by atoms with Crippen molar-refractivity contribution in [2.24, 2.45) is 5.41 Å². The average molecular weight is 225 g/mol. The molecular weight excluding hydrogens is 206 g/mol. The number of hydrogen-bond acceptors (Lipinski definition) is 5. The van der Waals surface area contributed by atoms with Crippen LogP contribution in [0.15, 0.2) is 4.52 Å². The summed E-state index contributed by atoms with van der Waals surface area (Å²) in [6.45, 7) is 8.80. The summed E-state index contributed by atoms with van der Waals surface area (Å²) in [4.78, 5) is 4.38. The maximum absolute atomic E-state index is 5.55. The lowest BCUT2D eigenvalue weighted by Gasteiger charge is -2.20. The van der Waals surface area contributed by atoms with E-state index >= 15 is 0 Å². The summed E-state index contributed by atoms with van der Waals surface area (Å²) in [5.41, 5.74) is 0.173. The van der Waals surface area contributed by atoms with Gasteiger partial charge in [-0.25, -0.2) is 0 Å². The van der Waals surface area contributed by atoms with E-state index in [0.717, 1.165) is 25.3 Å². The van der Waals surface area contributed by atoms with Gasteiger partial charge in [-0.2, -0.15) is 4.98 Å². The van der Waals surface area contributed by atoms with Crippen molar-refractivity contribution in [2.75, 3.05) is 19.7 Å². The molecule has 0 spiro atoms. The first-order valence-electron chi connectivity index (χ1n) is 5.69. The second-order valence-corrected chi connectivity index (χ2v) is 5.35. The molecule has 0 amide bonds. The fraction of sp³-hybridized carbons (Fsp3) is 0.818. The number of morpholine rings is 1. The summed E-state index contributed by atoms with van der Waals surface area (Å²) < 4.78 is 10.8. The minimum absolute atomic E-state index is 0.0880. The topological polar surface area (TPSA) is 60.2 Å². The quantitative estimate of drug-likeness (QED) is 0.822. The Morgan fingerprint density at radius 2 is 2.25 bits per heavy atom. The molecule has 0 aromatic carbocycles. The lowest BCUT2D eigenvalue weighted by Crippen LogP contribution is -2.33. The highest BCUT2D eigenvalue weighted by Gasteiger charge is 2.23.